The minimum absolute atomic E-state index is 0.666. The number of ether oxygens (including phenoxy) is 1. The molecule has 0 atom stereocenters. The normalized spacial score (nSPS) is 15.1. The average Bonchev–Trinajstić information content (AvgIpc) is 2.97. The molecular weight excluding hydrogens is 270 g/mol. The lowest BCUT2D eigenvalue weighted by Gasteiger charge is -2.15. The van der Waals surface area contributed by atoms with E-state index in [2.05, 4.69) is 15.5 Å². The van der Waals surface area contributed by atoms with Crippen LogP contribution in [-0.4, -0.2) is 43.3 Å². The summed E-state index contributed by atoms with van der Waals surface area (Å²) in [6.07, 6.45) is 3.83. The second-order valence-corrected chi connectivity index (χ2v) is 5.42. The molecule has 0 saturated carbocycles. The number of thiocarbonyl (C=S) groups is 1. The first-order chi connectivity index (χ1) is 9.78. The molecule has 1 saturated heterocycles. The van der Waals surface area contributed by atoms with Crippen molar-refractivity contribution in [1.82, 2.24) is 10.2 Å². The molecule has 0 spiro atoms. The molecule has 4 nitrogen and oxygen atoms in total. The summed E-state index contributed by atoms with van der Waals surface area (Å²) in [6, 6.07) is 7.76. The average molecular weight is 293 g/mol. The van der Waals surface area contributed by atoms with Gasteiger partial charge < -0.3 is 20.3 Å². The Morgan fingerprint density at radius 3 is 2.90 bits per heavy atom. The number of methoxy groups -OCH3 is 1. The van der Waals surface area contributed by atoms with Gasteiger partial charge in [-0.15, -0.1) is 0 Å². The van der Waals surface area contributed by atoms with Crippen molar-refractivity contribution in [2.45, 2.75) is 19.3 Å². The summed E-state index contributed by atoms with van der Waals surface area (Å²) in [7, 11) is 1.66. The number of hydrogen-bond donors (Lipinski definition) is 2. The van der Waals surface area contributed by atoms with Crippen molar-refractivity contribution in [1.29, 1.82) is 0 Å². The van der Waals surface area contributed by atoms with Crippen LogP contribution in [0.2, 0.25) is 0 Å². The van der Waals surface area contributed by atoms with Crippen LogP contribution in [0, 0.1) is 0 Å². The fourth-order valence-corrected chi connectivity index (χ4v) is 2.61. The zero-order valence-corrected chi connectivity index (χ0v) is 12.8. The standard InChI is InChI=1S/C15H23N3OS/c1-19-14-7-4-6-13(12-14)17-15(20)16-8-5-11-18-9-2-3-10-18/h4,6-7,12H,2-3,5,8-11H2,1H3,(H2,16,17,20). The molecule has 0 aromatic heterocycles. The summed E-state index contributed by atoms with van der Waals surface area (Å²) in [5.41, 5.74) is 0.946. The summed E-state index contributed by atoms with van der Waals surface area (Å²) in [5.74, 6) is 0.826. The third-order valence-electron chi connectivity index (χ3n) is 3.46. The van der Waals surface area contributed by atoms with Crippen LogP contribution in [0.5, 0.6) is 5.75 Å². The molecule has 1 fully saturated rings. The molecule has 2 N–H and O–H groups in total. The fraction of sp³-hybridized carbons (Fsp3) is 0.533. The highest BCUT2D eigenvalue weighted by atomic mass is 32.1. The molecule has 20 heavy (non-hydrogen) atoms. The molecule has 1 aliphatic rings. The summed E-state index contributed by atoms with van der Waals surface area (Å²) < 4.78 is 5.18. The summed E-state index contributed by atoms with van der Waals surface area (Å²) in [4.78, 5) is 2.51. The van der Waals surface area contributed by atoms with Crippen molar-refractivity contribution >= 4 is 23.0 Å². The van der Waals surface area contributed by atoms with E-state index in [1.807, 2.05) is 24.3 Å². The number of likely N-dealkylation sites (tertiary alicyclic amines) is 1. The van der Waals surface area contributed by atoms with E-state index >= 15 is 0 Å². The van der Waals surface area contributed by atoms with Crippen LogP contribution in [0.4, 0.5) is 5.69 Å². The van der Waals surface area contributed by atoms with Gasteiger partial charge in [-0.2, -0.15) is 0 Å². The van der Waals surface area contributed by atoms with Gasteiger partial charge in [-0.3, -0.25) is 0 Å². The van der Waals surface area contributed by atoms with Gasteiger partial charge in [-0.25, -0.2) is 0 Å². The van der Waals surface area contributed by atoms with Crippen molar-refractivity contribution in [2.24, 2.45) is 0 Å². The summed E-state index contributed by atoms with van der Waals surface area (Å²) in [6.45, 7) is 4.58. The predicted octanol–water partition coefficient (Wildman–Crippen LogP) is 2.47. The van der Waals surface area contributed by atoms with Crippen molar-refractivity contribution in [3.8, 4) is 5.75 Å². The highest BCUT2D eigenvalue weighted by Gasteiger charge is 2.10. The molecule has 0 aliphatic carbocycles. The highest BCUT2D eigenvalue weighted by molar-refractivity contribution is 7.80. The van der Waals surface area contributed by atoms with E-state index in [9.17, 15) is 0 Å². The summed E-state index contributed by atoms with van der Waals surface area (Å²) >= 11 is 5.29. The first-order valence-corrected chi connectivity index (χ1v) is 7.60. The van der Waals surface area contributed by atoms with Crippen molar-refractivity contribution < 1.29 is 4.74 Å². The Hall–Kier alpha value is -1.33. The van der Waals surface area contributed by atoms with Crippen LogP contribution < -0.4 is 15.4 Å². The van der Waals surface area contributed by atoms with Crippen LogP contribution in [0.15, 0.2) is 24.3 Å². The first kappa shape index (κ1) is 15.1. The van der Waals surface area contributed by atoms with Gasteiger partial charge >= 0.3 is 0 Å². The minimum atomic E-state index is 0.666. The fourth-order valence-electron chi connectivity index (χ4n) is 2.39. The number of hydrogen-bond acceptors (Lipinski definition) is 3. The highest BCUT2D eigenvalue weighted by Crippen LogP contribution is 2.16. The Kier molecular flexibility index (Phi) is 6.08. The maximum Gasteiger partial charge on any atom is 0.170 e. The van der Waals surface area contributed by atoms with E-state index in [4.69, 9.17) is 17.0 Å². The van der Waals surface area contributed by atoms with Crippen molar-refractivity contribution in [3.05, 3.63) is 24.3 Å². The van der Waals surface area contributed by atoms with Crippen LogP contribution >= 0.6 is 12.2 Å². The van der Waals surface area contributed by atoms with Crippen molar-refractivity contribution in [3.63, 3.8) is 0 Å². The quantitative estimate of drug-likeness (QED) is 0.622. The third kappa shape index (κ3) is 4.98. The zero-order valence-electron chi connectivity index (χ0n) is 12.0. The van der Waals surface area contributed by atoms with E-state index in [1.165, 1.54) is 25.9 Å². The Labute approximate surface area is 126 Å². The number of anilines is 1. The topological polar surface area (TPSA) is 36.5 Å². The Morgan fingerprint density at radius 2 is 2.15 bits per heavy atom. The molecule has 1 aromatic carbocycles. The van der Waals surface area contributed by atoms with E-state index < -0.39 is 0 Å². The second-order valence-electron chi connectivity index (χ2n) is 5.02. The Balaban J connectivity index is 1.64. The predicted molar refractivity (Wildman–Crippen MR) is 87.5 cm³/mol. The largest absolute Gasteiger partial charge is 0.497 e. The Morgan fingerprint density at radius 1 is 1.35 bits per heavy atom. The second kappa shape index (κ2) is 8.07. The molecule has 0 radical (unpaired) electrons. The van der Waals surface area contributed by atoms with Crippen LogP contribution in [0.3, 0.4) is 0 Å². The van der Waals surface area contributed by atoms with Gasteiger partial charge in [0, 0.05) is 18.3 Å². The Bertz CT molecular complexity index is 433. The molecule has 2 rings (SSSR count). The zero-order chi connectivity index (χ0) is 14.2. The lowest BCUT2D eigenvalue weighted by atomic mass is 10.3. The molecular formula is C15H23N3OS. The molecule has 5 heteroatoms. The smallest absolute Gasteiger partial charge is 0.170 e. The van der Waals surface area contributed by atoms with Crippen LogP contribution in [0.1, 0.15) is 19.3 Å². The third-order valence-corrected chi connectivity index (χ3v) is 3.71. The molecule has 0 unspecified atom stereocenters. The molecule has 110 valence electrons. The lowest BCUT2D eigenvalue weighted by Crippen LogP contribution is -2.31. The lowest BCUT2D eigenvalue weighted by molar-refractivity contribution is 0.334. The molecule has 1 heterocycles. The monoisotopic (exact) mass is 293 g/mol. The van der Waals surface area contributed by atoms with Gasteiger partial charge in [0.05, 0.1) is 7.11 Å². The number of rotatable bonds is 6. The van der Waals surface area contributed by atoms with Crippen LogP contribution in [-0.2, 0) is 0 Å². The van der Waals surface area contributed by atoms with Gasteiger partial charge in [-0.05, 0) is 63.2 Å². The first-order valence-electron chi connectivity index (χ1n) is 7.19. The van der Waals surface area contributed by atoms with Crippen LogP contribution in [0.25, 0.3) is 0 Å². The van der Waals surface area contributed by atoms with Gasteiger partial charge in [0.15, 0.2) is 5.11 Å². The van der Waals surface area contributed by atoms with Gasteiger partial charge in [0.2, 0.25) is 0 Å². The molecule has 1 aliphatic heterocycles. The maximum absolute atomic E-state index is 5.29. The maximum atomic E-state index is 5.29. The van der Waals surface area contributed by atoms with Crippen molar-refractivity contribution in [2.75, 3.05) is 38.6 Å². The number of benzene rings is 1. The SMILES string of the molecule is COc1cccc(NC(=S)NCCCN2CCCC2)c1. The molecule has 1 aromatic rings. The van der Waals surface area contributed by atoms with E-state index in [0.29, 0.717) is 5.11 Å². The summed E-state index contributed by atoms with van der Waals surface area (Å²) in [5, 5.41) is 7.08. The van der Waals surface area contributed by atoms with E-state index in [-0.39, 0.29) is 0 Å². The van der Waals surface area contributed by atoms with E-state index in [0.717, 1.165) is 30.9 Å². The number of nitrogens with zero attached hydrogens (tertiary/aromatic N) is 1. The van der Waals surface area contributed by atoms with E-state index in [1.54, 1.807) is 7.11 Å². The van der Waals surface area contributed by atoms with Gasteiger partial charge in [0.25, 0.3) is 0 Å². The molecule has 0 amide bonds. The molecule has 0 bridgehead atoms. The van der Waals surface area contributed by atoms with Gasteiger partial charge in [-0.1, -0.05) is 6.07 Å². The van der Waals surface area contributed by atoms with Gasteiger partial charge in [0.1, 0.15) is 5.75 Å². The number of nitrogens with one attached hydrogen (secondary N) is 2. The minimum Gasteiger partial charge on any atom is -0.497 e.